The van der Waals surface area contributed by atoms with Gasteiger partial charge in [-0.25, -0.2) is 4.98 Å². The molecule has 0 aliphatic heterocycles. The van der Waals surface area contributed by atoms with Crippen molar-refractivity contribution in [2.24, 2.45) is 0 Å². The van der Waals surface area contributed by atoms with Crippen LogP contribution in [0, 0.1) is 6.92 Å². The van der Waals surface area contributed by atoms with Gasteiger partial charge in [-0.1, -0.05) is 57.0 Å². The van der Waals surface area contributed by atoms with E-state index < -0.39 is 0 Å². The summed E-state index contributed by atoms with van der Waals surface area (Å²) in [6.45, 7) is 9.11. The maximum atomic E-state index is 4.92. The second-order valence-electron chi connectivity index (χ2n) is 7.12. The molecule has 126 valence electrons. The maximum absolute atomic E-state index is 4.92. The standard InChI is InChI=1S/C22H28N2/c1-6-13-22(4,7-2)18-10-8-9-16-17-14-15(3)11-12-19(17)24-21(23-5)20(16)18/h8-12,14H,6-7,13H2,1-5H3,(H,23,24). The van der Waals surface area contributed by atoms with Crippen molar-refractivity contribution >= 4 is 27.5 Å². The van der Waals surface area contributed by atoms with Crippen molar-refractivity contribution in [2.45, 2.75) is 52.4 Å². The quantitative estimate of drug-likeness (QED) is 0.566. The van der Waals surface area contributed by atoms with Crippen molar-refractivity contribution in [1.82, 2.24) is 4.98 Å². The molecule has 0 saturated heterocycles. The van der Waals surface area contributed by atoms with E-state index in [1.165, 1.54) is 40.1 Å². The van der Waals surface area contributed by atoms with Crippen LogP contribution < -0.4 is 5.32 Å². The summed E-state index contributed by atoms with van der Waals surface area (Å²) in [7, 11) is 1.97. The third kappa shape index (κ3) is 2.64. The predicted octanol–water partition coefficient (Wildman–Crippen LogP) is 6.21. The molecule has 1 unspecified atom stereocenters. The van der Waals surface area contributed by atoms with Gasteiger partial charge in [-0.3, -0.25) is 0 Å². The number of rotatable bonds is 5. The van der Waals surface area contributed by atoms with Crippen molar-refractivity contribution < 1.29 is 0 Å². The summed E-state index contributed by atoms with van der Waals surface area (Å²) in [4.78, 5) is 4.92. The molecule has 1 heterocycles. The molecular formula is C22H28N2. The fraction of sp³-hybridized carbons (Fsp3) is 0.409. The van der Waals surface area contributed by atoms with E-state index >= 15 is 0 Å². The average Bonchev–Trinajstić information content (AvgIpc) is 2.60. The molecule has 0 fully saturated rings. The molecule has 2 aromatic carbocycles. The lowest BCUT2D eigenvalue weighted by atomic mass is 9.74. The number of aromatic nitrogens is 1. The highest BCUT2D eigenvalue weighted by Gasteiger charge is 2.27. The second-order valence-corrected chi connectivity index (χ2v) is 7.12. The minimum absolute atomic E-state index is 0.180. The van der Waals surface area contributed by atoms with Crippen molar-refractivity contribution in [1.29, 1.82) is 0 Å². The van der Waals surface area contributed by atoms with Gasteiger partial charge in [0.15, 0.2) is 0 Å². The van der Waals surface area contributed by atoms with Crippen LogP contribution in [0.2, 0.25) is 0 Å². The Morgan fingerprint density at radius 1 is 1.08 bits per heavy atom. The van der Waals surface area contributed by atoms with Gasteiger partial charge in [0.05, 0.1) is 5.52 Å². The Morgan fingerprint density at radius 2 is 1.88 bits per heavy atom. The molecule has 0 bridgehead atoms. The molecule has 0 spiro atoms. The summed E-state index contributed by atoms with van der Waals surface area (Å²) >= 11 is 0. The van der Waals surface area contributed by atoms with Crippen LogP contribution >= 0.6 is 0 Å². The number of fused-ring (bicyclic) bond motifs is 3. The smallest absolute Gasteiger partial charge is 0.134 e. The van der Waals surface area contributed by atoms with E-state index in [4.69, 9.17) is 4.98 Å². The van der Waals surface area contributed by atoms with Crippen LogP contribution in [-0.4, -0.2) is 12.0 Å². The van der Waals surface area contributed by atoms with Crippen molar-refractivity contribution in [3.8, 4) is 0 Å². The largest absolute Gasteiger partial charge is 0.373 e. The first-order valence-electron chi connectivity index (χ1n) is 9.05. The van der Waals surface area contributed by atoms with E-state index in [0.29, 0.717) is 0 Å². The van der Waals surface area contributed by atoms with Crippen molar-refractivity contribution in [3.63, 3.8) is 0 Å². The van der Waals surface area contributed by atoms with E-state index in [1.807, 2.05) is 7.05 Å². The number of aryl methyl sites for hydroxylation is 1. The van der Waals surface area contributed by atoms with Crippen LogP contribution in [0.25, 0.3) is 21.7 Å². The SMILES string of the molecule is CCCC(C)(CC)c1cccc2c1c(NC)nc1ccc(C)cc12. The number of nitrogens with one attached hydrogen (secondary N) is 1. The first-order chi connectivity index (χ1) is 11.5. The lowest BCUT2D eigenvalue weighted by Crippen LogP contribution is -2.21. The van der Waals surface area contributed by atoms with Gasteiger partial charge in [-0.2, -0.15) is 0 Å². The van der Waals surface area contributed by atoms with Crippen molar-refractivity contribution in [2.75, 3.05) is 12.4 Å². The van der Waals surface area contributed by atoms with Crippen LogP contribution in [0.5, 0.6) is 0 Å². The minimum atomic E-state index is 0.180. The highest BCUT2D eigenvalue weighted by Crippen LogP contribution is 2.41. The molecule has 2 heteroatoms. The summed E-state index contributed by atoms with van der Waals surface area (Å²) in [5.41, 5.74) is 3.94. The zero-order chi connectivity index (χ0) is 17.3. The lowest BCUT2D eigenvalue weighted by molar-refractivity contribution is 0.417. The highest BCUT2D eigenvalue weighted by atomic mass is 15.0. The Morgan fingerprint density at radius 3 is 2.54 bits per heavy atom. The van der Waals surface area contributed by atoms with Crippen LogP contribution in [0.1, 0.15) is 51.2 Å². The van der Waals surface area contributed by atoms with Gasteiger partial charge >= 0.3 is 0 Å². The van der Waals surface area contributed by atoms with Crippen LogP contribution in [0.3, 0.4) is 0 Å². The Bertz CT molecular complexity index is 882. The monoisotopic (exact) mass is 320 g/mol. The Balaban J connectivity index is 2.44. The molecule has 0 amide bonds. The van der Waals surface area contributed by atoms with Gasteiger partial charge in [-0.05, 0) is 48.3 Å². The third-order valence-corrected chi connectivity index (χ3v) is 5.44. The van der Waals surface area contributed by atoms with E-state index in [0.717, 1.165) is 17.8 Å². The van der Waals surface area contributed by atoms with Crippen LogP contribution in [-0.2, 0) is 5.41 Å². The van der Waals surface area contributed by atoms with Gasteiger partial charge in [0, 0.05) is 17.8 Å². The lowest BCUT2D eigenvalue weighted by Gasteiger charge is -2.30. The van der Waals surface area contributed by atoms with Gasteiger partial charge in [0.1, 0.15) is 5.82 Å². The molecule has 3 aromatic rings. The van der Waals surface area contributed by atoms with Gasteiger partial charge in [0.25, 0.3) is 0 Å². The Labute approximate surface area is 145 Å². The Kier molecular flexibility index (Phi) is 4.49. The third-order valence-electron chi connectivity index (χ3n) is 5.44. The summed E-state index contributed by atoms with van der Waals surface area (Å²) in [6, 6.07) is 13.3. The molecule has 2 nitrogen and oxygen atoms in total. The van der Waals surface area contributed by atoms with E-state index in [2.05, 4.69) is 69.4 Å². The molecule has 0 aliphatic rings. The predicted molar refractivity (Wildman–Crippen MR) is 106 cm³/mol. The first kappa shape index (κ1) is 16.8. The fourth-order valence-corrected chi connectivity index (χ4v) is 3.91. The van der Waals surface area contributed by atoms with E-state index in [9.17, 15) is 0 Å². The van der Waals surface area contributed by atoms with E-state index in [1.54, 1.807) is 0 Å². The number of hydrogen-bond donors (Lipinski definition) is 1. The topological polar surface area (TPSA) is 24.9 Å². The molecule has 1 atom stereocenters. The zero-order valence-corrected chi connectivity index (χ0v) is 15.5. The number of hydrogen-bond acceptors (Lipinski definition) is 2. The highest BCUT2D eigenvalue weighted by molar-refractivity contribution is 6.11. The first-order valence-corrected chi connectivity index (χ1v) is 9.05. The second kappa shape index (κ2) is 6.43. The van der Waals surface area contributed by atoms with Crippen molar-refractivity contribution in [3.05, 3.63) is 47.5 Å². The van der Waals surface area contributed by atoms with Gasteiger partial charge in [0.2, 0.25) is 0 Å². The molecule has 24 heavy (non-hydrogen) atoms. The number of benzene rings is 2. The molecule has 1 N–H and O–H groups in total. The van der Waals surface area contributed by atoms with Crippen LogP contribution in [0.4, 0.5) is 5.82 Å². The fourth-order valence-electron chi connectivity index (χ4n) is 3.91. The van der Waals surface area contributed by atoms with Gasteiger partial charge < -0.3 is 5.32 Å². The number of pyridine rings is 1. The molecule has 0 saturated carbocycles. The zero-order valence-electron chi connectivity index (χ0n) is 15.5. The van der Waals surface area contributed by atoms with E-state index in [-0.39, 0.29) is 5.41 Å². The normalized spacial score (nSPS) is 14.0. The molecule has 1 aromatic heterocycles. The number of nitrogens with zero attached hydrogens (tertiary/aromatic N) is 1. The Hall–Kier alpha value is -2.09. The summed E-state index contributed by atoms with van der Waals surface area (Å²) in [6.07, 6.45) is 3.52. The molecule has 3 rings (SSSR count). The molecule has 0 aliphatic carbocycles. The summed E-state index contributed by atoms with van der Waals surface area (Å²) < 4.78 is 0. The number of anilines is 1. The molecule has 0 radical (unpaired) electrons. The summed E-state index contributed by atoms with van der Waals surface area (Å²) in [5, 5.41) is 7.19. The van der Waals surface area contributed by atoms with Gasteiger partial charge in [-0.15, -0.1) is 0 Å². The minimum Gasteiger partial charge on any atom is -0.373 e. The average molecular weight is 320 g/mol. The maximum Gasteiger partial charge on any atom is 0.134 e. The summed E-state index contributed by atoms with van der Waals surface area (Å²) in [5.74, 6) is 0.993. The van der Waals surface area contributed by atoms with Crippen LogP contribution in [0.15, 0.2) is 36.4 Å². The molecular weight excluding hydrogens is 292 g/mol.